The number of aryl methyl sites for hydroxylation is 1. The first-order chi connectivity index (χ1) is 12.9. The van der Waals surface area contributed by atoms with Gasteiger partial charge in [-0.05, 0) is 42.3 Å². The zero-order chi connectivity index (χ0) is 19.4. The third kappa shape index (κ3) is 4.71. The highest BCUT2D eigenvalue weighted by molar-refractivity contribution is 9.10. The number of rotatable bonds is 5. The number of halogens is 1. The fraction of sp³-hybridized carbons (Fsp3) is 0.190. The molecule has 0 radical (unpaired) electrons. The summed E-state index contributed by atoms with van der Waals surface area (Å²) >= 11 is 3.40. The maximum Gasteiger partial charge on any atom is 0.243 e. The Hall–Kier alpha value is -2.73. The van der Waals surface area contributed by atoms with Gasteiger partial charge in [-0.2, -0.15) is 0 Å². The predicted molar refractivity (Wildman–Crippen MR) is 111 cm³/mol. The molecule has 5 nitrogen and oxygen atoms in total. The quantitative estimate of drug-likeness (QED) is 0.672. The van der Waals surface area contributed by atoms with Crippen LogP contribution in [0.3, 0.4) is 0 Å². The number of aromatic nitrogens is 1. The molecular weight excluding hydrogens is 406 g/mol. The van der Waals surface area contributed by atoms with Crippen LogP contribution in [0.2, 0.25) is 0 Å². The number of benzene rings is 2. The number of hydrogen-bond donors (Lipinski definition) is 1. The van der Waals surface area contributed by atoms with Crippen LogP contribution in [0.25, 0.3) is 10.9 Å². The molecule has 0 fully saturated rings. The number of para-hydroxylation sites is 1. The van der Waals surface area contributed by atoms with Crippen LogP contribution in [0.5, 0.6) is 0 Å². The molecule has 2 aromatic carbocycles. The smallest absolute Gasteiger partial charge is 0.243 e. The Labute approximate surface area is 166 Å². The Morgan fingerprint density at radius 2 is 1.93 bits per heavy atom. The number of hydrogen-bond acceptors (Lipinski definition) is 3. The van der Waals surface area contributed by atoms with Gasteiger partial charge in [0.25, 0.3) is 0 Å². The number of carbonyl (C=O) groups excluding carboxylic acids is 2. The number of amides is 2. The summed E-state index contributed by atoms with van der Waals surface area (Å²) in [6.45, 7) is 1.91. The fourth-order valence-corrected chi connectivity index (χ4v) is 3.34. The van der Waals surface area contributed by atoms with E-state index in [2.05, 4.69) is 26.2 Å². The van der Waals surface area contributed by atoms with Gasteiger partial charge < -0.3 is 10.2 Å². The molecule has 6 heteroatoms. The van der Waals surface area contributed by atoms with E-state index in [0.29, 0.717) is 0 Å². The van der Waals surface area contributed by atoms with E-state index in [1.165, 1.54) is 4.90 Å². The second-order valence-electron chi connectivity index (χ2n) is 6.43. The van der Waals surface area contributed by atoms with Crippen LogP contribution >= 0.6 is 15.9 Å². The van der Waals surface area contributed by atoms with Gasteiger partial charge >= 0.3 is 0 Å². The number of anilines is 1. The molecule has 138 valence electrons. The largest absolute Gasteiger partial charge is 0.336 e. The molecule has 0 aliphatic heterocycles. The number of nitrogens with zero attached hydrogens (tertiary/aromatic N) is 2. The average molecular weight is 426 g/mol. The van der Waals surface area contributed by atoms with Gasteiger partial charge in [0.15, 0.2) is 0 Å². The van der Waals surface area contributed by atoms with E-state index in [-0.39, 0.29) is 24.8 Å². The first kappa shape index (κ1) is 19.0. The molecule has 27 heavy (non-hydrogen) atoms. The van der Waals surface area contributed by atoms with Crippen molar-refractivity contribution < 1.29 is 9.59 Å². The van der Waals surface area contributed by atoms with Crippen molar-refractivity contribution in [3.05, 3.63) is 70.3 Å². The minimum Gasteiger partial charge on any atom is -0.336 e. The Morgan fingerprint density at radius 1 is 1.15 bits per heavy atom. The Morgan fingerprint density at radius 3 is 2.70 bits per heavy atom. The van der Waals surface area contributed by atoms with E-state index in [1.54, 1.807) is 13.2 Å². The van der Waals surface area contributed by atoms with Crippen LogP contribution in [-0.2, 0) is 16.0 Å². The molecule has 3 aromatic rings. The second-order valence-corrected chi connectivity index (χ2v) is 7.34. The molecule has 3 rings (SSSR count). The molecule has 0 saturated carbocycles. The molecule has 1 aromatic heterocycles. The van der Waals surface area contributed by atoms with Gasteiger partial charge in [0.05, 0.1) is 18.5 Å². The highest BCUT2D eigenvalue weighted by Crippen LogP contribution is 2.20. The molecule has 0 unspecified atom stereocenters. The zero-order valence-corrected chi connectivity index (χ0v) is 16.8. The van der Waals surface area contributed by atoms with E-state index in [1.807, 2.05) is 55.5 Å². The van der Waals surface area contributed by atoms with E-state index >= 15 is 0 Å². The highest BCUT2D eigenvalue weighted by Gasteiger charge is 2.15. The van der Waals surface area contributed by atoms with Gasteiger partial charge in [0.2, 0.25) is 11.8 Å². The van der Waals surface area contributed by atoms with Crippen LogP contribution in [-0.4, -0.2) is 35.3 Å². The topological polar surface area (TPSA) is 62.3 Å². The van der Waals surface area contributed by atoms with Crippen molar-refractivity contribution in [1.82, 2.24) is 9.88 Å². The molecule has 0 aliphatic rings. The second kappa shape index (κ2) is 8.31. The lowest BCUT2D eigenvalue weighted by molar-refractivity contribution is -0.132. The zero-order valence-electron chi connectivity index (χ0n) is 15.2. The Kier molecular flexibility index (Phi) is 5.86. The molecule has 0 saturated heterocycles. The van der Waals surface area contributed by atoms with Crippen molar-refractivity contribution in [2.75, 3.05) is 18.9 Å². The summed E-state index contributed by atoms with van der Waals surface area (Å²) in [6, 6.07) is 15.2. The third-order valence-electron chi connectivity index (χ3n) is 4.33. The van der Waals surface area contributed by atoms with Crippen molar-refractivity contribution in [3.63, 3.8) is 0 Å². The molecule has 2 amide bonds. The lowest BCUT2D eigenvalue weighted by Crippen LogP contribution is -2.36. The molecule has 0 atom stereocenters. The maximum absolute atomic E-state index is 12.6. The molecule has 0 spiro atoms. The summed E-state index contributed by atoms with van der Waals surface area (Å²) in [4.78, 5) is 30.7. The lowest BCUT2D eigenvalue weighted by Gasteiger charge is -2.18. The van der Waals surface area contributed by atoms with Gasteiger partial charge in [-0.15, -0.1) is 0 Å². The van der Waals surface area contributed by atoms with E-state index in [0.717, 1.165) is 32.2 Å². The minimum atomic E-state index is -0.229. The molecule has 0 aliphatic carbocycles. The van der Waals surface area contributed by atoms with E-state index < -0.39 is 0 Å². The summed E-state index contributed by atoms with van der Waals surface area (Å²) in [5, 5.41) is 3.85. The lowest BCUT2D eigenvalue weighted by atomic mass is 10.1. The van der Waals surface area contributed by atoms with Crippen molar-refractivity contribution in [2.45, 2.75) is 13.3 Å². The van der Waals surface area contributed by atoms with Crippen LogP contribution in [0, 0.1) is 6.92 Å². The number of carbonyl (C=O) groups is 2. The van der Waals surface area contributed by atoms with Gasteiger partial charge in [0, 0.05) is 28.8 Å². The van der Waals surface area contributed by atoms with E-state index in [9.17, 15) is 9.59 Å². The number of likely N-dealkylation sites (N-methyl/N-ethyl adjacent to an activating group) is 1. The minimum absolute atomic E-state index is 0.00741. The standard InChI is InChI=1S/C21H20BrN3O2/c1-14-11-17(22)8-9-18(14)24-19(26)13-25(2)20(27)12-16-6-3-5-15-7-4-10-23-21(15)16/h3-11H,12-13H2,1-2H3,(H,24,26). The molecule has 0 bridgehead atoms. The molecular formula is C21H20BrN3O2. The first-order valence-electron chi connectivity index (χ1n) is 8.56. The van der Waals surface area contributed by atoms with Crippen molar-refractivity contribution in [2.24, 2.45) is 0 Å². The number of pyridine rings is 1. The van der Waals surface area contributed by atoms with Crippen LogP contribution in [0.15, 0.2) is 59.2 Å². The Bertz CT molecular complexity index is 998. The number of nitrogens with one attached hydrogen (secondary N) is 1. The summed E-state index contributed by atoms with van der Waals surface area (Å²) in [5.41, 5.74) is 3.36. The van der Waals surface area contributed by atoms with Crippen molar-refractivity contribution >= 4 is 44.3 Å². The maximum atomic E-state index is 12.6. The SMILES string of the molecule is Cc1cc(Br)ccc1NC(=O)CN(C)C(=O)Cc1cccc2cccnc12. The normalized spacial score (nSPS) is 10.6. The van der Waals surface area contributed by atoms with E-state index in [4.69, 9.17) is 0 Å². The first-order valence-corrected chi connectivity index (χ1v) is 9.36. The summed E-state index contributed by atoms with van der Waals surface area (Å²) in [5.74, 6) is -0.358. The third-order valence-corrected chi connectivity index (χ3v) is 4.82. The number of fused-ring (bicyclic) bond motifs is 1. The summed E-state index contributed by atoms with van der Waals surface area (Å²) < 4.78 is 0.953. The predicted octanol–water partition coefficient (Wildman–Crippen LogP) is 3.95. The fourth-order valence-electron chi connectivity index (χ4n) is 2.87. The van der Waals surface area contributed by atoms with Crippen molar-refractivity contribution in [1.29, 1.82) is 0 Å². The van der Waals surface area contributed by atoms with Crippen LogP contribution < -0.4 is 5.32 Å². The summed E-state index contributed by atoms with van der Waals surface area (Å²) in [6.07, 6.45) is 1.92. The van der Waals surface area contributed by atoms with Gasteiger partial charge in [-0.3, -0.25) is 14.6 Å². The van der Waals surface area contributed by atoms with Crippen molar-refractivity contribution in [3.8, 4) is 0 Å². The average Bonchev–Trinajstić information content (AvgIpc) is 2.64. The van der Waals surface area contributed by atoms with Gasteiger partial charge in [-0.1, -0.05) is 40.2 Å². The molecule has 1 N–H and O–H groups in total. The van der Waals surface area contributed by atoms with Crippen LogP contribution in [0.4, 0.5) is 5.69 Å². The molecule has 1 heterocycles. The monoisotopic (exact) mass is 425 g/mol. The van der Waals surface area contributed by atoms with Gasteiger partial charge in [0.1, 0.15) is 0 Å². The van der Waals surface area contributed by atoms with Crippen LogP contribution in [0.1, 0.15) is 11.1 Å². The summed E-state index contributed by atoms with van der Waals surface area (Å²) in [7, 11) is 1.63. The Balaban J connectivity index is 1.64. The highest BCUT2D eigenvalue weighted by atomic mass is 79.9. The van der Waals surface area contributed by atoms with Gasteiger partial charge in [-0.25, -0.2) is 0 Å².